The molecule has 3 fully saturated rings. The van der Waals surface area contributed by atoms with Gasteiger partial charge in [-0.15, -0.1) is 23.2 Å². The normalized spacial score (nSPS) is 54.5. The monoisotopic (exact) mass is 332 g/mol. The van der Waals surface area contributed by atoms with E-state index in [4.69, 9.17) is 37.4 Å². The topological polar surface area (TPSA) is 61.8 Å². The third-order valence-corrected chi connectivity index (χ3v) is 7.28. The molecule has 7 heteroatoms. The molecule has 2 unspecified atom stereocenters. The minimum absolute atomic E-state index is 0.184. The van der Waals surface area contributed by atoms with Crippen LogP contribution in [-0.4, -0.2) is 48.1 Å². The first kappa shape index (κ1) is 14.0. The van der Waals surface area contributed by atoms with Crippen LogP contribution in [0, 0.1) is 23.7 Å². The second-order valence-corrected chi connectivity index (χ2v) is 7.28. The van der Waals surface area contributed by atoms with Crippen molar-refractivity contribution in [1.82, 2.24) is 0 Å². The second-order valence-electron chi connectivity index (χ2n) is 6.06. The summed E-state index contributed by atoms with van der Waals surface area (Å²) < 4.78 is 16.4. The Labute approximate surface area is 131 Å². The summed E-state index contributed by atoms with van der Waals surface area (Å²) in [4.78, 5) is 21.3. The lowest BCUT2D eigenvalue weighted by molar-refractivity contribution is -0.224. The lowest BCUT2D eigenvalue weighted by Crippen LogP contribution is -2.57. The molecule has 114 valence electrons. The number of halogens is 2. The van der Waals surface area contributed by atoms with Crippen molar-refractivity contribution in [2.45, 2.75) is 21.6 Å². The number of carbonyl (C=O) groups is 2. The summed E-state index contributed by atoms with van der Waals surface area (Å²) >= 11 is 13.7. The summed E-state index contributed by atoms with van der Waals surface area (Å²) in [6.07, 6.45) is 3.31. The molecule has 0 saturated heterocycles. The summed E-state index contributed by atoms with van der Waals surface area (Å²) in [5.41, 5.74) is 0. The molecule has 4 bridgehead atoms. The summed E-state index contributed by atoms with van der Waals surface area (Å²) in [6.45, 7) is 0.402. The number of rotatable bonds is 4. The highest BCUT2D eigenvalue weighted by Crippen LogP contribution is 2.78. The molecule has 0 aromatic carbocycles. The van der Waals surface area contributed by atoms with Gasteiger partial charge >= 0.3 is 0 Å². The lowest BCUT2D eigenvalue weighted by Gasteiger charge is -2.39. The molecule has 7 atom stereocenters. The van der Waals surface area contributed by atoms with Crippen molar-refractivity contribution in [3.8, 4) is 0 Å². The van der Waals surface area contributed by atoms with Crippen LogP contribution in [0.5, 0.6) is 0 Å². The molecule has 0 aliphatic heterocycles. The Kier molecular flexibility index (Phi) is 2.55. The molecule has 4 aliphatic carbocycles. The highest BCUT2D eigenvalue weighted by molar-refractivity contribution is 6.43. The third kappa shape index (κ3) is 1.03. The van der Waals surface area contributed by atoms with Crippen LogP contribution < -0.4 is 0 Å². The number of hydrogen-bond donors (Lipinski definition) is 0. The van der Waals surface area contributed by atoms with Crippen molar-refractivity contribution in [3.05, 3.63) is 12.2 Å². The smallest absolute Gasteiger partial charge is 0.293 e. The molecule has 0 heterocycles. The largest absolute Gasteiger partial charge is 0.464 e. The van der Waals surface area contributed by atoms with Crippen molar-refractivity contribution in [2.75, 3.05) is 14.2 Å². The zero-order valence-corrected chi connectivity index (χ0v) is 12.9. The van der Waals surface area contributed by atoms with Gasteiger partial charge in [0, 0.05) is 32.0 Å². The minimum atomic E-state index is -1.43. The number of carbonyl (C=O) groups excluding carboxylic acids is 2. The predicted octanol–water partition coefficient (Wildman–Crippen LogP) is 1.12. The van der Waals surface area contributed by atoms with Gasteiger partial charge in [-0.2, -0.15) is 0 Å². The van der Waals surface area contributed by atoms with E-state index in [0.29, 0.717) is 6.47 Å². The molecule has 0 N–H and O–H groups in total. The lowest BCUT2D eigenvalue weighted by atomic mass is 9.78. The van der Waals surface area contributed by atoms with E-state index in [-0.39, 0.29) is 23.5 Å². The maximum absolute atomic E-state index is 12.9. The van der Waals surface area contributed by atoms with Crippen LogP contribution in [0.15, 0.2) is 12.2 Å². The van der Waals surface area contributed by atoms with Crippen LogP contribution in [0.1, 0.15) is 0 Å². The fourth-order valence-electron chi connectivity index (χ4n) is 5.36. The zero-order valence-electron chi connectivity index (χ0n) is 11.4. The highest BCUT2D eigenvalue weighted by atomic mass is 35.5. The van der Waals surface area contributed by atoms with Gasteiger partial charge in [-0.3, -0.25) is 9.59 Å². The minimum Gasteiger partial charge on any atom is -0.464 e. The van der Waals surface area contributed by atoms with Crippen LogP contribution >= 0.6 is 23.2 Å². The standard InChI is InChI=1S/C14H14Cl2O5/c1-19-14(20-2)12(15)7-4-3-6-8(11(12)18)13(14,16)9(7)10(6)21-5-17/h3-10H,1-2H3/t6-,7?,8-,9+,10?,12-,13-/m0/s1. The SMILES string of the molecule is COC1(OC)[C@@]2(Cl)[C@H]3C(OC=O)[C@H]4C=CC3[C@]1(Cl)C(=O)[C@H]42. The van der Waals surface area contributed by atoms with E-state index in [9.17, 15) is 9.59 Å². The van der Waals surface area contributed by atoms with E-state index in [0.717, 1.165) is 0 Å². The Bertz CT molecular complexity index is 574. The zero-order chi connectivity index (χ0) is 15.2. The highest BCUT2D eigenvalue weighted by Gasteiger charge is 2.94. The number of hydrogen-bond acceptors (Lipinski definition) is 5. The van der Waals surface area contributed by atoms with Crippen molar-refractivity contribution in [3.63, 3.8) is 0 Å². The van der Waals surface area contributed by atoms with E-state index in [2.05, 4.69) is 0 Å². The number of methoxy groups -OCH3 is 2. The molecular weight excluding hydrogens is 319 g/mol. The Hall–Kier alpha value is -0.620. The van der Waals surface area contributed by atoms with Crippen LogP contribution in [-0.2, 0) is 23.8 Å². The van der Waals surface area contributed by atoms with E-state index >= 15 is 0 Å². The van der Waals surface area contributed by atoms with Crippen molar-refractivity contribution in [1.29, 1.82) is 0 Å². The average molecular weight is 333 g/mol. The number of Topliss-reactive ketones (excluding diaryl/α,β-unsaturated/α-hetero) is 1. The third-order valence-electron chi connectivity index (χ3n) is 5.85. The molecule has 4 aliphatic rings. The summed E-state index contributed by atoms with van der Waals surface area (Å²) in [5.74, 6) is -3.17. The number of allylic oxidation sites excluding steroid dienone is 1. The van der Waals surface area contributed by atoms with Crippen molar-refractivity contribution >= 4 is 35.5 Å². The van der Waals surface area contributed by atoms with E-state index < -0.39 is 27.6 Å². The molecule has 0 aromatic rings. The number of ketones is 1. The fraction of sp³-hybridized carbons (Fsp3) is 0.714. The van der Waals surface area contributed by atoms with Crippen molar-refractivity contribution < 1.29 is 23.8 Å². The molecule has 0 aromatic heterocycles. The van der Waals surface area contributed by atoms with Gasteiger partial charge in [-0.1, -0.05) is 12.2 Å². The van der Waals surface area contributed by atoms with E-state index in [1.807, 2.05) is 12.2 Å². The Morgan fingerprint density at radius 2 is 1.90 bits per heavy atom. The molecule has 0 radical (unpaired) electrons. The van der Waals surface area contributed by atoms with Crippen LogP contribution in [0.2, 0.25) is 0 Å². The maximum Gasteiger partial charge on any atom is 0.293 e. The Balaban J connectivity index is 2.01. The van der Waals surface area contributed by atoms with Gasteiger partial charge in [-0.25, -0.2) is 0 Å². The van der Waals surface area contributed by atoms with Gasteiger partial charge in [0.15, 0.2) is 10.7 Å². The van der Waals surface area contributed by atoms with E-state index in [1.165, 1.54) is 14.2 Å². The quantitative estimate of drug-likeness (QED) is 0.334. The van der Waals surface area contributed by atoms with Gasteiger partial charge in [0.25, 0.3) is 6.47 Å². The van der Waals surface area contributed by atoms with Crippen LogP contribution in [0.4, 0.5) is 0 Å². The molecule has 21 heavy (non-hydrogen) atoms. The van der Waals surface area contributed by atoms with Gasteiger partial charge in [-0.05, 0) is 0 Å². The first-order chi connectivity index (χ1) is 9.95. The molecular formula is C14H14Cl2O5. The van der Waals surface area contributed by atoms with E-state index in [1.54, 1.807) is 0 Å². The Morgan fingerprint density at radius 1 is 1.24 bits per heavy atom. The van der Waals surface area contributed by atoms with Crippen LogP contribution in [0.25, 0.3) is 0 Å². The molecule has 0 amide bonds. The molecule has 5 nitrogen and oxygen atoms in total. The first-order valence-electron chi connectivity index (χ1n) is 6.75. The Morgan fingerprint density at radius 3 is 2.48 bits per heavy atom. The average Bonchev–Trinajstić information content (AvgIpc) is 2.72. The van der Waals surface area contributed by atoms with Gasteiger partial charge in [0.1, 0.15) is 11.0 Å². The summed E-state index contributed by atoms with van der Waals surface area (Å²) in [6, 6.07) is 0. The summed E-state index contributed by atoms with van der Waals surface area (Å²) in [7, 11) is 2.88. The van der Waals surface area contributed by atoms with Crippen molar-refractivity contribution in [2.24, 2.45) is 23.7 Å². The number of fused-ring (bicyclic) bond motifs is 4. The first-order valence-corrected chi connectivity index (χ1v) is 7.51. The molecule has 3 saturated carbocycles. The van der Waals surface area contributed by atoms with Gasteiger partial charge in [0.05, 0.1) is 5.92 Å². The summed E-state index contributed by atoms with van der Waals surface area (Å²) in [5, 5.41) is 0. The van der Waals surface area contributed by atoms with Gasteiger partial charge < -0.3 is 14.2 Å². The van der Waals surface area contributed by atoms with Gasteiger partial charge in [0.2, 0.25) is 5.79 Å². The predicted molar refractivity (Wildman–Crippen MR) is 73.0 cm³/mol. The fourth-order valence-corrected chi connectivity index (χ4v) is 6.86. The number of ether oxygens (including phenoxy) is 3. The molecule has 4 rings (SSSR count). The second kappa shape index (κ2) is 3.82. The maximum atomic E-state index is 12.9. The molecule has 0 spiro atoms. The van der Waals surface area contributed by atoms with Crippen LogP contribution in [0.3, 0.4) is 0 Å². The number of alkyl halides is 2.